The molecular weight excluding hydrogens is 135 g/mol. The maximum atomic E-state index is 3.22. The Balaban J connectivity index is 0.000000360. The first kappa shape index (κ1) is 7.41. The largest absolute Gasteiger partial charge is 0.314 e. The first-order chi connectivity index (χ1) is 3.00. The van der Waals surface area contributed by atoms with Crippen LogP contribution in [-0.2, 0) is 16.5 Å². The maximum Gasteiger partial charge on any atom is 0.00772 e. The minimum absolute atomic E-state index is 0. The van der Waals surface area contributed by atoms with E-state index in [2.05, 4.69) is 10.6 Å². The Bertz CT molecular complexity index is 25.2. The Morgan fingerprint density at radius 1 is 0.714 bits per heavy atom. The summed E-state index contributed by atoms with van der Waals surface area (Å²) in [6, 6.07) is 0. The summed E-state index contributed by atoms with van der Waals surface area (Å²) in [4.78, 5) is 0. The van der Waals surface area contributed by atoms with E-state index in [4.69, 9.17) is 0 Å². The molecule has 1 rings (SSSR count). The number of hydrogen-bond donors (Lipinski definition) is 2. The molecule has 46 valence electrons. The summed E-state index contributed by atoms with van der Waals surface area (Å²) in [6.45, 7) is 4.56. The fourth-order valence-corrected chi connectivity index (χ4v) is 0.604. The summed E-state index contributed by atoms with van der Waals surface area (Å²) < 4.78 is 0. The van der Waals surface area contributed by atoms with Gasteiger partial charge >= 0.3 is 0 Å². The van der Waals surface area contributed by atoms with Gasteiger partial charge in [-0.05, 0) is 0 Å². The Hall–Kier alpha value is 0.414. The van der Waals surface area contributed by atoms with Crippen molar-refractivity contribution in [2.75, 3.05) is 26.2 Å². The predicted octanol–water partition coefficient (Wildman–Crippen LogP) is -0.823. The molecule has 2 nitrogen and oxygen atoms in total. The summed E-state index contributed by atoms with van der Waals surface area (Å²) in [7, 11) is 0. The van der Waals surface area contributed by atoms with E-state index in [-0.39, 0.29) is 16.5 Å². The Morgan fingerprint density at radius 3 is 1.14 bits per heavy atom. The molecule has 1 fully saturated rings. The summed E-state index contributed by atoms with van der Waals surface area (Å²) in [5, 5.41) is 6.44. The van der Waals surface area contributed by atoms with Crippen molar-refractivity contribution in [3.05, 3.63) is 0 Å². The van der Waals surface area contributed by atoms with E-state index in [1.165, 1.54) is 0 Å². The second-order valence-electron chi connectivity index (χ2n) is 1.50. The van der Waals surface area contributed by atoms with Gasteiger partial charge in [-0.15, -0.1) is 0 Å². The number of piperazine rings is 1. The molecule has 0 saturated carbocycles. The molecule has 0 amide bonds. The van der Waals surface area contributed by atoms with Gasteiger partial charge in [0.2, 0.25) is 0 Å². The molecule has 3 heteroatoms. The van der Waals surface area contributed by atoms with Crippen molar-refractivity contribution in [1.29, 1.82) is 0 Å². The first-order valence-corrected chi connectivity index (χ1v) is 2.41. The first-order valence-electron chi connectivity index (χ1n) is 2.41. The van der Waals surface area contributed by atoms with Crippen LogP contribution in [0.1, 0.15) is 0 Å². The van der Waals surface area contributed by atoms with E-state index < -0.39 is 0 Å². The smallest absolute Gasteiger partial charge is 0.00772 e. The molecule has 1 aliphatic rings. The maximum absolute atomic E-state index is 3.22. The van der Waals surface area contributed by atoms with Gasteiger partial charge in [-0.1, -0.05) is 0 Å². The molecule has 0 aromatic carbocycles. The zero-order valence-electron chi connectivity index (χ0n) is 4.14. The predicted molar refractivity (Wildman–Crippen MR) is 25.7 cm³/mol. The van der Waals surface area contributed by atoms with Crippen LogP contribution in [0.3, 0.4) is 0 Å². The molecule has 7 heavy (non-hydrogen) atoms. The third kappa shape index (κ3) is 3.04. The van der Waals surface area contributed by atoms with Gasteiger partial charge in [0.15, 0.2) is 0 Å². The summed E-state index contributed by atoms with van der Waals surface area (Å²) >= 11 is 0. The quantitative estimate of drug-likeness (QED) is 0.435. The fraction of sp³-hybridized carbons (Fsp3) is 1.00. The Kier molecular flexibility index (Phi) is 4.84. The van der Waals surface area contributed by atoms with Crippen LogP contribution in [0.5, 0.6) is 0 Å². The second-order valence-corrected chi connectivity index (χ2v) is 1.50. The number of rotatable bonds is 0. The molecule has 0 aromatic heterocycles. The van der Waals surface area contributed by atoms with Gasteiger partial charge in [-0.3, -0.25) is 0 Å². The molecule has 0 radical (unpaired) electrons. The molecule has 1 aliphatic heterocycles. The van der Waals surface area contributed by atoms with Crippen molar-refractivity contribution in [3.8, 4) is 0 Å². The summed E-state index contributed by atoms with van der Waals surface area (Å²) in [5.74, 6) is 0. The van der Waals surface area contributed by atoms with Gasteiger partial charge < -0.3 is 10.6 Å². The Labute approximate surface area is 54.0 Å². The van der Waals surface area contributed by atoms with Crippen molar-refractivity contribution >= 4 is 0 Å². The van der Waals surface area contributed by atoms with E-state index in [0.717, 1.165) is 26.2 Å². The van der Waals surface area contributed by atoms with E-state index >= 15 is 0 Å². The molecule has 0 aromatic rings. The molecule has 0 atom stereocenters. The van der Waals surface area contributed by atoms with Crippen LogP contribution in [-0.4, -0.2) is 26.2 Å². The average molecular weight is 145 g/mol. The van der Waals surface area contributed by atoms with Crippen LogP contribution in [0, 0.1) is 0 Å². The van der Waals surface area contributed by atoms with E-state index in [1.54, 1.807) is 0 Å². The standard InChI is InChI=1S/C4H10N2.Ni/c1-2-6-4-3-5-1;/h5-6H,1-4H2;. The van der Waals surface area contributed by atoms with Gasteiger partial charge in [0, 0.05) is 42.7 Å². The minimum atomic E-state index is 0. The summed E-state index contributed by atoms with van der Waals surface area (Å²) in [5.41, 5.74) is 0. The van der Waals surface area contributed by atoms with Gasteiger partial charge in [-0.2, -0.15) is 0 Å². The van der Waals surface area contributed by atoms with Crippen LogP contribution < -0.4 is 10.6 Å². The second kappa shape index (κ2) is 4.57. The van der Waals surface area contributed by atoms with Crippen LogP contribution >= 0.6 is 0 Å². The fourth-order valence-electron chi connectivity index (χ4n) is 0.604. The molecular formula is C4H10N2Ni. The van der Waals surface area contributed by atoms with Crippen molar-refractivity contribution in [2.24, 2.45) is 0 Å². The zero-order chi connectivity index (χ0) is 4.24. The van der Waals surface area contributed by atoms with Crippen molar-refractivity contribution in [3.63, 3.8) is 0 Å². The van der Waals surface area contributed by atoms with Crippen molar-refractivity contribution < 1.29 is 16.5 Å². The van der Waals surface area contributed by atoms with E-state index in [0.29, 0.717) is 0 Å². The number of hydrogen-bond acceptors (Lipinski definition) is 2. The molecule has 1 heterocycles. The minimum Gasteiger partial charge on any atom is -0.314 e. The average Bonchev–Trinajstić information content (AvgIpc) is 1.72. The SMILES string of the molecule is C1CNCCN1.[Ni]. The van der Waals surface area contributed by atoms with Crippen molar-refractivity contribution in [2.45, 2.75) is 0 Å². The molecule has 0 bridgehead atoms. The van der Waals surface area contributed by atoms with Crippen molar-refractivity contribution in [1.82, 2.24) is 10.6 Å². The summed E-state index contributed by atoms with van der Waals surface area (Å²) in [6.07, 6.45) is 0. The molecule has 1 saturated heterocycles. The van der Waals surface area contributed by atoms with Crippen LogP contribution in [0.2, 0.25) is 0 Å². The molecule has 2 N–H and O–H groups in total. The molecule has 0 unspecified atom stereocenters. The normalized spacial score (nSPS) is 20.6. The van der Waals surface area contributed by atoms with Gasteiger partial charge in [0.05, 0.1) is 0 Å². The molecule has 0 aliphatic carbocycles. The third-order valence-corrected chi connectivity index (χ3v) is 0.957. The monoisotopic (exact) mass is 144 g/mol. The van der Waals surface area contributed by atoms with E-state index in [9.17, 15) is 0 Å². The van der Waals surface area contributed by atoms with Crippen LogP contribution in [0.4, 0.5) is 0 Å². The van der Waals surface area contributed by atoms with Crippen LogP contribution in [0.25, 0.3) is 0 Å². The third-order valence-electron chi connectivity index (χ3n) is 0.957. The van der Waals surface area contributed by atoms with Gasteiger partial charge in [0.1, 0.15) is 0 Å². The van der Waals surface area contributed by atoms with Gasteiger partial charge in [0.25, 0.3) is 0 Å². The van der Waals surface area contributed by atoms with Crippen LogP contribution in [0.15, 0.2) is 0 Å². The van der Waals surface area contributed by atoms with E-state index in [1.807, 2.05) is 0 Å². The number of nitrogens with one attached hydrogen (secondary N) is 2. The molecule has 0 spiro atoms. The zero-order valence-corrected chi connectivity index (χ0v) is 5.13. The van der Waals surface area contributed by atoms with Gasteiger partial charge in [-0.25, -0.2) is 0 Å². The Morgan fingerprint density at radius 2 is 1.00 bits per heavy atom. The topological polar surface area (TPSA) is 24.1 Å².